The number of rotatable bonds is 27. The Morgan fingerprint density at radius 3 is 0.857 bits per heavy atom. The summed E-state index contributed by atoms with van der Waals surface area (Å²) in [4.78, 5) is 24.5. The van der Waals surface area contributed by atoms with Crippen LogP contribution >= 0.6 is 45.3 Å². The molecule has 4 aromatic heterocycles. The first-order valence-electron chi connectivity index (χ1n) is 23.5. The van der Waals surface area contributed by atoms with Crippen LogP contribution in [0.3, 0.4) is 0 Å². The van der Waals surface area contributed by atoms with Crippen LogP contribution < -0.4 is 5.79 Å². The van der Waals surface area contributed by atoms with E-state index in [4.69, 9.17) is 0 Å². The molecule has 0 aliphatic heterocycles. The minimum atomic E-state index is -2.20. The van der Waals surface area contributed by atoms with E-state index in [1.165, 1.54) is 171 Å². The van der Waals surface area contributed by atoms with E-state index in [0.717, 1.165) is 0 Å². The number of hydrogen-bond acceptors (Lipinski definition) is 4. The SMILES string of the molecule is CC.CC.CCCCCCCCCCCCc1cc(-c2ccc(-c3ccc(-c4cc(CCCCCCCCCCCC)[c]([Sn]([CH3])([CH3])[CH3])s4)s3)s2)s[c]1[Sn]([CH3])([CH3])[CH3]. The predicted octanol–water partition coefficient (Wildman–Crippen LogP) is 19.0. The third-order valence-corrected chi connectivity index (χ3v) is 34.8. The third kappa shape index (κ3) is 19.0. The predicted molar refractivity (Wildman–Crippen MR) is 274 cm³/mol. The Bertz CT molecular complexity index is 1440. The summed E-state index contributed by atoms with van der Waals surface area (Å²) in [6.07, 6.45) is 30.9. The van der Waals surface area contributed by atoms with E-state index in [0.29, 0.717) is 0 Å². The van der Waals surface area contributed by atoms with Crippen molar-refractivity contribution in [3.8, 4) is 29.3 Å². The Kier molecular flexibility index (Phi) is 27.8. The van der Waals surface area contributed by atoms with Gasteiger partial charge in [0, 0.05) is 0 Å². The van der Waals surface area contributed by atoms with E-state index in [2.05, 4.69) is 103 Å². The van der Waals surface area contributed by atoms with E-state index >= 15 is 0 Å². The first kappa shape index (κ1) is 52.5. The summed E-state index contributed by atoms with van der Waals surface area (Å²) in [5.74, 6) is 0. The summed E-state index contributed by atoms with van der Waals surface area (Å²) in [6, 6.07) is 14.8. The average Bonchev–Trinajstić information content (AvgIpc) is 4.00. The van der Waals surface area contributed by atoms with Crippen molar-refractivity contribution in [1.29, 1.82) is 0 Å². The van der Waals surface area contributed by atoms with Gasteiger partial charge < -0.3 is 0 Å². The molecule has 56 heavy (non-hydrogen) atoms. The molecule has 0 aliphatic carbocycles. The molecule has 0 aromatic carbocycles. The number of hydrogen-bond donors (Lipinski definition) is 0. The standard InChI is InChI=1S/C40H56S4.2C2H6.6CH3.2Sn/c1-3-5-7-9-11-13-15-17-19-21-23-33-29-39(41-31-33)37-27-25-35(43-37)36-26-28-38(44-36)40-30-34(32-42-40)24-22-20-18-16-14-12-10-8-6-4-2;2*1-2;;;;;;;;/h25-30H,3-24H2,1-2H3;2*1-2H3;6*1H3;;. The van der Waals surface area contributed by atoms with Crippen LogP contribution in [0.4, 0.5) is 0 Å². The molecular weight excluding hydrogens is 966 g/mol. The summed E-state index contributed by atoms with van der Waals surface area (Å²) < 4.78 is 3.61. The molecule has 0 unspecified atom stereocenters. The van der Waals surface area contributed by atoms with Crippen LogP contribution in [-0.2, 0) is 12.8 Å². The van der Waals surface area contributed by atoms with Gasteiger partial charge in [0.2, 0.25) is 0 Å². The zero-order valence-corrected chi connectivity index (χ0v) is 47.6. The molecule has 0 amide bonds. The van der Waals surface area contributed by atoms with Crippen LogP contribution in [-0.4, -0.2) is 36.8 Å². The summed E-state index contributed by atoms with van der Waals surface area (Å²) in [6.45, 7) is 12.6. The maximum atomic E-state index is 2.61. The Labute approximate surface area is 373 Å². The van der Waals surface area contributed by atoms with Crippen molar-refractivity contribution >= 4 is 87.9 Å². The molecule has 0 aliphatic rings. The Morgan fingerprint density at radius 1 is 0.339 bits per heavy atom. The van der Waals surface area contributed by atoms with Crippen molar-refractivity contribution in [2.75, 3.05) is 0 Å². The van der Waals surface area contributed by atoms with Gasteiger partial charge in [-0.05, 0) is 0 Å². The number of thiophene rings is 4. The van der Waals surface area contributed by atoms with E-state index < -0.39 is 36.8 Å². The molecule has 0 spiro atoms. The molecule has 0 bridgehead atoms. The van der Waals surface area contributed by atoms with E-state index in [1.807, 2.05) is 50.4 Å². The van der Waals surface area contributed by atoms with Crippen LogP contribution in [0.5, 0.6) is 0 Å². The first-order chi connectivity index (χ1) is 27.0. The molecule has 0 saturated carbocycles. The molecule has 0 radical (unpaired) electrons. The molecule has 318 valence electrons. The topological polar surface area (TPSA) is 0 Å². The van der Waals surface area contributed by atoms with Gasteiger partial charge in [-0.25, -0.2) is 0 Å². The molecule has 6 heteroatoms. The molecule has 0 saturated heterocycles. The number of aryl methyl sites for hydroxylation is 2. The van der Waals surface area contributed by atoms with E-state index in [-0.39, 0.29) is 0 Å². The first-order valence-corrected chi connectivity index (χ1v) is 46.7. The molecule has 0 fully saturated rings. The second kappa shape index (κ2) is 29.6. The second-order valence-corrected chi connectivity index (χ2v) is 52.5. The monoisotopic (exact) mass is 1050 g/mol. The zero-order chi connectivity index (χ0) is 41.4. The van der Waals surface area contributed by atoms with Crippen molar-refractivity contribution in [3.63, 3.8) is 0 Å². The van der Waals surface area contributed by atoms with Crippen LogP contribution in [0.15, 0.2) is 36.4 Å². The zero-order valence-electron chi connectivity index (χ0n) is 38.7. The van der Waals surface area contributed by atoms with Crippen LogP contribution in [0.1, 0.15) is 181 Å². The van der Waals surface area contributed by atoms with Crippen LogP contribution in [0, 0.1) is 0 Å². The van der Waals surface area contributed by atoms with E-state index in [1.54, 1.807) is 16.9 Å². The van der Waals surface area contributed by atoms with Gasteiger partial charge in [-0.15, -0.1) is 0 Å². The van der Waals surface area contributed by atoms with Gasteiger partial charge in [0.1, 0.15) is 0 Å². The molecule has 4 heterocycles. The number of unbranched alkanes of at least 4 members (excludes halogenated alkanes) is 18. The molecule has 0 nitrogen and oxygen atoms in total. The summed E-state index contributed by atoms with van der Waals surface area (Å²) >= 11 is 3.94. The molecule has 0 atom stereocenters. The van der Waals surface area contributed by atoms with Crippen molar-refractivity contribution in [1.82, 2.24) is 0 Å². The third-order valence-electron chi connectivity index (χ3n) is 10.5. The quantitative estimate of drug-likeness (QED) is 0.0412. The van der Waals surface area contributed by atoms with Gasteiger partial charge in [-0.1, -0.05) is 54.4 Å². The van der Waals surface area contributed by atoms with Crippen molar-refractivity contribution in [3.05, 3.63) is 47.5 Å². The molecule has 4 rings (SSSR count). The van der Waals surface area contributed by atoms with Gasteiger partial charge in [-0.2, -0.15) is 0 Å². The maximum absolute atomic E-state index is 2.61. The molecular formula is C50H86S4Sn2. The fourth-order valence-corrected chi connectivity index (χ4v) is 26.1. The second-order valence-electron chi connectivity index (χ2n) is 17.6. The summed E-state index contributed by atoms with van der Waals surface area (Å²) in [7, 11) is 0. The Balaban J connectivity index is 0.00000262. The minimum absolute atomic E-state index is 1.28. The summed E-state index contributed by atoms with van der Waals surface area (Å²) in [5, 5.41) is 0. The average molecular weight is 1050 g/mol. The molecule has 4 aromatic rings. The van der Waals surface area contributed by atoms with Gasteiger partial charge in [0.05, 0.1) is 0 Å². The van der Waals surface area contributed by atoms with E-state index in [9.17, 15) is 0 Å². The van der Waals surface area contributed by atoms with Gasteiger partial charge >= 0.3 is 323 Å². The van der Waals surface area contributed by atoms with Crippen LogP contribution in [0.25, 0.3) is 29.3 Å². The molecule has 0 N–H and O–H groups in total. The summed E-state index contributed by atoms with van der Waals surface area (Å²) in [5.41, 5.74) is 3.39. The Morgan fingerprint density at radius 2 is 0.589 bits per heavy atom. The van der Waals surface area contributed by atoms with Crippen molar-refractivity contribution < 1.29 is 0 Å². The van der Waals surface area contributed by atoms with Crippen molar-refractivity contribution in [2.45, 2.75) is 212 Å². The van der Waals surface area contributed by atoms with Gasteiger partial charge in [-0.3, -0.25) is 0 Å². The fourth-order valence-electron chi connectivity index (χ4n) is 7.55. The van der Waals surface area contributed by atoms with Gasteiger partial charge in [0.15, 0.2) is 0 Å². The van der Waals surface area contributed by atoms with Gasteiger partial charge in [0.25, 0.3) is 0 Å². The van der Waals surface area contributed by atoms with Crippen LogP contribution in [0.2, 0.25) is 29.6 Å². The normalized spacial score (nSPS) is 11.7. The Hall–Kier alpha value is 0.397. The van der Waals surface area contributed by atoms with Crippen molar-refractivity contribution in [2.24, 2.45) is 0 Å². The fraction of sp³-hybridized carbons (Fsp3) is 0.680.